The molecule has 0 fully saturated rings. The third-order valence-corrected chi connectivity index (χ3v) is 4.07. The van der Waals surface area contributed by atoms with Gasteiger partial charge in [0.15, 0.2) is 5.78 Å². The van der Waals surface area contributed by atoms with Crippen molar-refractivity contribution in [3.8, 4) is 11.1 Å². The van der Waals surface area contributed by atoms with Gasteiger partial charge >= 0.3 is 0 Å². The van der Waals surface area contributed by atoms with Gasteiger partial charge in [0.2, 0.25) is 0 Å². The maximum absolute atomic E-state index is 11.8. The van der Waals surface area contributed by atoms with Crippen molar-refractivity contribution in [1.29, 1.82) is 0 Å². The molecule has 92 valence electrons. The van der Waals surface area contributed by atoms with Gasteiger partial charge in [0.05, 0.1) is 0 Å². The van der Waals surface area contributed by atoms with Crippen LogP contribution in [0.2, 0.25) is 0 Å². The number of carbonyl (C=O) groups is 1. The molecule has 0 aliphatic heterocycles. The molecule has 0 aliphatic rings. The molecule has 3 heteroatoms. The molecule has 2 aromatic rings. The molecule has 2 aromatic carbocycles. The summed E-state index contributed by atoms with van der Waals surface area (Å²) < 4.78 is 0.862. The maximum Gasteiger partial charge on any atom is 0.161 e. The largest absolute Gasteiger partial charge is 0.294 e. The Morgan fingerprint density at radius 1 is 1.17 bits per heavy atom. The molecule has 1 nitrogen and oxygen atoms in total. The van der Waals surface area contributed by atoms with Gasteiger partial charge in [-0.25, -0.2) is 0 Å². The van der Waals surface area contributed by atoms with Crippen LogP contribution in [0.4, 0.5) is 0 Å². The second-order valence-corrected chi connectivity index (χ2v) is 5.69. The van der Waals surface area contributed by atoms with E-state index in [-0.39, 0.29) is 5.78 Å². The molecule has 0 saturated carbocycles. The van der Waals surface area contributed by atoms with Crippen molar-refractivity contribution >= 4 is 33.5 Å². The van der Waals surface area contributed by atoms with Crippen LogP contribution in [0.15, 0.2) is 51.8 Å². The lowest BCUT2D eigenvalue weighted by Gasteiger charge is -2.11. The van der Waals surface area contributed by atoms with Crippen molar-refractivity contribution in [2.24, 2.45) is 0 Å². The van der Waals surface area contributed by atoms with Crippen LogP contribution >= 0.6 is 27.7 Å². The number of hydrogen-bond donors (Lipinski definition) is 0. The van der Waals surface area contributed by atoms with E-state index in [0.717, 1.165) is 26.1 Å². The topological polar surface area (TPSA) is 17.1 Å². The van der Waals surface area contributed by atoms with Crippen LogP contribution in [0.1, 0.15) is 17.3 Å². The summed E-state index contributed by atoms with van der Waals surface area (Å²) in [6.07, 6.45) is 2.03. The normalized spacial score (nSPS) is 10.4. The number of benzene rings is 2. The van der Waals surface area contributed by atoms with Crippen molar-refractivity contribution in [1.82, 2.24) is 0 Å². The molecule has 2 rings (SSSR count). The summed E-state index contributed by atoms with van der Waals surface area (Å²) in [7, 11) is 0. The van der Waals surface area contributed by atoms with Gasteiger partial charge in [0.1, 0.15) is 0 Å². The smallest absolute Gasteiger partial charge is 0.161 e. The van der Waals surface area contributed by atoms with Crippen LogP contribution in [0.3, 0.4) is 0 Å². The van der Waals surface area contributed by atoms with E-state index in [0.29, 0.717) is 0 Å². The summed E-state index contributed by atoms with van der Waals surface area (Å²) in [4.78, 5) is 13.0. The molecule has 0 aromatic heterocycles. The number of hydrogen-bond acceptors (Lipinski definition) is 2. The second-order valence-electron chi connectivity index (χ2n) is 3.95. The van der Waals surface area contributed by atoms with Crippen LogP contribution < -0.4 is 0 Å². The lowest BCUT2D eigenvalue weighted by atomic mass is 9.97. The number of thioether (sulfide) groups is 1. The Labute approximate surface area is 120 Å². The Kier molecular flexibility index (Phi) is 4.25. The first-order valence-corrected chi connectivity index (χ1v) is 7.59. The fraction of sp³-hybridized carbons (Fsp3) is 0.133. The molecule has 0 amide bonds. The maximum atomic E-state index is 11.8. The number of carbonyl (C=O) groups excluding carboxylic acids is 1. The standard InChI is InChI=1S/C15H13BrOS/c1-10(17)15-13(11-6-4-3-5-7-11)8-12(18-2)9-14(15)16/h3-9H,1-2H3. The fourth-order valence-electron chi connectivity index (χ4n) is 1.90. The number of ketones is 1. The van der Waals surface area contributed by atoms with Crippen LogP contribution in [-0.2, 0) is 0 Å². The third kappa shape index (κ3) is 2.68. The summed E-state index contributed by atoms with van der Waals surface area (Å²) in [6.45, 7) is 1.60. The Hall–Kier alpha value is -1.06. The van der Waals surface area contributed by atoms with Gasteiger partial charge in [-0.2, -0.15) is 0 Å². The second kappa shape index (κ2) is 5.72. The zero-order valence-electron chi connectivity index (χ0n) is 10.2. The van der Waals surface area contributed by atoms with Crippen molar-refractivity contribution in [3.05, 3.63) is 52.5 Å². The van der Waals surface area contributed by atoms with E-state index in [4.69, 9.17) is 0 Å². The highest BCUT2D eigenvalue weighted by Crippen LogP contribution is 2.34. The van der Waals surface area contributed by atoms with Gasteiger partial charge < -0.3 is 0 Å². The molecule has 0 heterocycles. The number of Topliss-reactive ketones (excluding diaryl/α,β-unsaturated/α-hetero) is 1. The molecule has 0 atom stereocenters. The molecule has 0 unspecified atom stereocenters. The molecule has 0 spiro atoms. The quantitative estimate of drug-likeness (QED) is 0.582. The van der Waals surface area contributed by atoms with E-state index in [1.807, 2.05) is 42.7 Å². The van der Waals surface area contributed by atoms with E-state index >= 15 is 0 Å². The fourth-order valence-corrected chi connectivity index (χ4v) is 3.27. The molecular formula is C15H13BrOS. The lowest BCUT2D eigenvalue weighted by molar-refractivity contribution is 0.101. The van der Waals surface area contributed by atoms with Gasteiger partial charge in [0.25, 0.3) is 0 Å². The first-order chi connectivity index (χ1) is 8.63. The third-order valence-electron chi connectivity index (χ3n) is 2.74. The lowest BCUT2D eigenvalue weighted by Crippen LogP contribution is -1.98. The van der Waals surface area contributed by atoms with Crippen molar-refractivity contribution in [3.63, 3.8) is 0 Å². The molecule has 0 aliphatic carbocycles. The van der Waals surface area contributed by atoms with E-state index in [9.17, 15) is 4.79 Å². The minimum Gasteiger partial charge on any atom is -0.294 e. The Bertz CT molecular complexity index is 579. The summed E-state index contributed by atoms with van der Waals surface area (Å²) in [5, 5.41) is 0. The summed E-state index contributed by atoms with van der Waals surface area (Å²) in [5.74, 6) is 0.0772. The summed E-state index contributed by atoms with van der Waals surface area (Å²) >= 11 is 5.17. The van der Waals surface area contributed by atoms with Gasteiger partial charge in [0, 0.05) is 14.9 Å². The highest BCUT2D eigenvalue weighted by Gasteiger charge is 2.14. The number of rotatable bonds is 3. The van der Waals surface area contributed by atoms with Gasteiger partial charge in [-0.3, -0.25) is 4.79 Å². The zero-order valence-corrected chi connectivity index (χ0v) is 12.6. The minimum atomic E-state index is 0.0772. The van der Waals surface area contributed by atoms with Crippen LogP contribution in [0, 0.1) is 0 Å². The van der Waals surface area contributed by atoms with Crippen molar-refractivity contribution in [2.75, 3.05) is 6.26 Å². The predicted octanol–water partition coefficient (Wildman–Crippen LogP) is 5.04. The average molecular weight is 321 g/mol. The Balaban J connectivity index is 2.71. The van der Waals surface area contributed by atoms with Gasteiger partial charge in [-0.05, 0) is 52.4 Å². The SMILES string of the molecule is CSc1cc(Br)c(C(C)=O)c(-c2ccccc2)c1. The van der Waals surface area contributed by atoms with E-state index in [1.54, 1.807) is 18.7 Å². The Morgan fingerprint density at radius 2 is 1.83 bits per heavy atom. The first-order valence-electron chi connectivity index (χ1n) is 5.57. The highest BCUT2D eigenvalue weighted by atomic mass is 79.9. The minimum absolute atomic E-state index is 0.0772. The van der Waals surface area contributed by atoms with Crippen LogP contribution in [-0.4, -0.2) is 12.0 Å². The monoisotopic (exact) mass is 320 g/mol. The van der Waals surface area contributed by atoms with Crippen LogP contribution in [0.5, 0.6) is 0 Å². The molecule has 0 saturated heterocycles. The van der Waals surface area contributed by atoms with Gasteiger partial charge in [-0.15, -0.1) is 11.8 Å². The van der Waals surface area contributed by atoms with E-state index in [2.05, 4.69) is 22.0 Å². The van der Waals surface area contributed by atoms with E-state index < -0.39 is 0 Å². The Morgan fingerprint density at radius 3 is 2.39 bits per heavy atom. The van der Waals surface area contributed by atoms with E-state index in [1.165, 1.54) is 0 Å². The van der Waals surface area contributed by atoms with Crippen LogP contribution in [0.25, 0.3) is 11.1 Å². The molecule has 18 heavy (non-hydrogen) atoms. The molecule has 0 radical (unpaired) electrons. The van der Waals surface area contributed by atoms with Crippen molar-refractivity contribution < 1.29 is 4.79 Å². The summed E-state index contributed by atoms with van der Waals surface area (Å²) in [5.41, 5.74) is 2.81. The predicted molar refractivity (Wildman–Crippen MR) is 81.4 cm³/mol. The first kappa shape index (κ1) is 13.4. The average Bonchev–Trinajstić information content (AvgIpc) is 2.38. The molecular weight excluding hydrogens is 308 g/mol. The molecule has 0 bridgehead atoms. The highest BCUT2D eigenvalue weighted by molar-refractivity contribution is 9.10. The van der Waals surface area contributed by atoms with Gasteiger partial charge in [-0.1, -0.05) is 30.3 Å². The number of halogens is 1. The molecule has 0 N–H and O–H groups in total. The summed E-state index contributed by atoms with van der Waals surface area (Å²) in [6, 6.07) is 14.1. The van der Waals surface area contributed by atoms with Crippen molar-refractivity contribution in [2.45, 2.75) is 11.8 Å². The zero-order chi connectivity index (χ0) is 13.1.